The molecule has 0 saturated carbocycles. The summed E-state index contributed by atoms with van der Waals surface area (Å²) in [6, 6.07) is 10.3. The van der Waals surface area contributed by atoms with Gasteiger partial charge in [-0.3, -0.25) is 10.1 Å². The number of nitrogens with one attached hydrogen (secondary N) is 1. The van der Waals surface area contributed by atoms with E-state index in [4.69, 9.17) is 5.26 Å². The summed E-state index contributed by atoms with van der Waals surface area (Å²) in [6.45, 7) is 1.89. The van der Waals surface area contributed by atoms with Crippen LogP contribution in [0.25, 0.3) is 0 Å². The lowest BCUT2D eigenvalue weighted by Crippen LogP contribution is -1.95. The number of thiophene rings is 1. The van der Waals surface area contributed by atoms with Crippen LogP contribution >= 0.6 is 10.7 Å². The zero-order chi connectivity index (χ0) is 13.1. The Labute approximate surface area is 107 Å². The van der Waals surface area contributed by atoms with Crippen LogP contribution in [0.15, 0.2) is 35.7 Å². The maximum absolute atomic E-state index is 10.9. The Kier molecular flexibility index (Phi) is 3.26. The molecule has 0 spiro atoms. The first-order chi connectivity index (χ1) is 8.61. The minimum atomic E-state index is -0.458. The Morgan fingerprint density at radius 3 is 2.78 bits per heavy atom. The van der Waals surface area contributed by atoms with Gasteiger partial charge in [0.05, 0.1) is 15.6 Å². The first-order valence-corrected chi connectivity index (χ1v) is 6.44. The second-order valence-electron chi connectivity index (χ2n) is 3.65. The highest BCUT2D eigenvalue weighted by molar-refractivity contribution is 7.32. The molecular formula is C12H10N3O2S+. The SMILES string of the molecule is Cc1cc(C#N)c[s+]1Nc1ccccc1[N+](=O)[O-]. The van der Waals surface area contributed by atoms with Crippen LogP contribution in [0.1, 0.15) is 10.4 Å². The molecule has 0 bridgehead atoms. The molecule has 90 valence electrons. The van der Waals surface area contributed by atoms with Gasteiger partial charge in [0, 0.05) is 19.1 Å². The van der Waals surface area contributed by atoms with Gasteiger partial charge in [-0.15, -0.1) is 0 Å². The van der Waals surface area contributed by atoms with Crippen LogP contribution in [0, 0.1) is 28.4 Å². The number of hydrogen-bond donors (Lipinski definition) is 1. The number of anilines is 1. The highest BCUT2D eigenvalue weighted by Crippen LogP contribution is 2.32. The summed E-state index contributed by atoms with van der Waals surface area (Å²) in [6.07, 6.45) is 0. The summed E-state index contributed by atoms with van der Waals surface area (Å²) in [5.41, 5.74) is 1.09. The Morgan fingerprint density at radius 2 is 2.17 bits per heavy atom. The van der Waals surface area contributed by atoms with E-state index in [1.807, 2.05) is 6.92 Å². The highest BCUT2D eigenvalue weighted by Gasteiger charge is 2.19. The van der Waals surface area contributed by atoms with E-state index in [0.29, 0.717) is 11.3 Å². The van der Waals surface area contributed by atoms with E-state index in [1.54, 1.807) is 29.6 Å². The van der Waals surface area contributed by atoms with E-state index in [-0.39, 0.29) is 5.69 Å². The molecule has 5 nitrogen and oxygen atoms in total. The molecule has 2 rings (SSSR count). The minimum absolute atomic E-state index is 0.0385. The van der Waals surface area contributed by atoms with Crippen molar-refractivity contribution in [1.82, 2.24) is 0 Å². The van der Waals surface area contributed by atoms with Crippen molar-refractivity contribution in [3.05, 3.63) is 56.3 Å². The molecule has 18 heavy (non-hydrogen) atoms. The van der Waals surface area contributed by atoms with Crippen molar-refractivity contribution in [3.63, 3.8) is 0 Å². The molecule has 0 aliphatic rings. The summed E-state index contributed by atoms with van der Waals surface area (Å²) in [4.78, 5) is 11.5. The van der Waals surface area contributed by atoms with E-state index >= 15 is 0 Å². The van der Waals surface area contributed by atoms with E-state index in [1.165, 1.54) is 6.07 Å². The molecule has 0 saturated heterocycles. The van der Waals surface area contributed by atoms with Gasteiger partial charge in [0.2, 0.25) is 0 Å². The molecular weight excluding hydrogens is 250 g/mol. The molecule has 1 unspecified atom stereocenters. The van der Waals surface area contributed by atoms with Crippen molar-refractivity contribution in [2.45, 2.75) is 6.92 Å². The molecule has 0 aliphatic carbocycles. The average molecular weight is 260 g/mol. The summed E-state index contributed by atoms with van der Waals surface area (Å²) in [5.74, 6) is 0. The Bertz CT molecular complexity index is 643. The number of aryl methyl sites for hydroxylation is 1. The van der Waals surface area contributed by atoms with Crippen molar-refractivity contribution in [2.24, 2.45) is 0 Å². The number of para-hydroxylation sites is 2. The maximum atomic E-state index is 10.9. The van der Waals surface area contributed by atoms with Gasteiger partial charge in [-0.05, 0) is 6.07 Å². The first-order valence-electron chi connectivity index (χ1n) is 5.15. The molecule has 1 atom stereocenters. The summed E-state index contributed by atoms with van der Waals surface area (Å²) >= 11 is 0. The van der Waals surface area contributed by atoms with E-state index in [0.717, 1.165) is 4.88 Å². The Balaban J connectivity index is 2.37. The minimum Gasteiger partial charge on any atom is -0.258 e. The van der Waals surface area contributed by atoms with Crippen LogP contribution < -0.4 is 4.72 Å². The zero-order valence-electron chi connectivity index (χ0n) is 9.58. The van der Waals surface area contributed by atoms with Gasteiger partial charge in [0.1, 0.15) is 11.6 Å². The van der Waals surface area contributed by atoms with Gasteiger partial charge in [0.15, 0.2) is 15.9 Å². The van der Waals surface area contributed by atoms with Gasteiger partial charge < -0.3 is 0 Å². The van der Waals surface area contributed by atoms with Crippen LogP contribution in [0.5, 0.6) is 0 Å². The number of nitro benzene ring substituents is 1. The molecule has 0 fully saturated rings. The van der Waals surface area contributed by atoms with Crippen LogP contribution in [-0.4, -0.2) is 4.92 Å². The van der Waals surface area contributed by atoms with Crippen molar-refractivity contribution < 1.29 is 4.92 Å². The average Bonchev–Trinajstić information content (AvgIpc) is 2.71. The number of nitriles is 1. The second-order valence-corrected chi connectivity index (χ2v) is 5.41. The van der Waals surface area contributed by atoms with Crippen molar-refractivity contribution in [3.8, 4) is 6.07 Å². The van der Waals surface area contributed by atoms with Gasteiger partial charge in [-0.2, -0.15) is 9.98 Å². The number of nitro groups is 1. The van der Waals surface area contributed by atoms with Gasteiger partial charge in [0.25, 0.3) is 5.69 Å². The number of nitrogens with zero attached hydrogens (tertiary/aromatic N) is 2. The van der Waals surface area contributed by atoms with Crippen molar-refractivity contribution >= 4 is 22.0 Å². The maximum Gasteiger partial charge on any atom is 0.297 e. The lowest BCUT2D eigenvalue weighted by atomic mass is 10.3. The van der Waals surface area contributed by atoms with Crippen LogP contribution in [-0.2, 0) is 0 Å². The normalized spacial score (nSPS) is 10.8. The third-order valence-corrected chi connectivity index (χ3v) is 4.14. The quantitative estimate of drug-likeness (QED) is 0.521. The largest absolute Gasteiger partial charge is 0.297 e. The number of hydrogen-bond acceptors (Lipinski definition) is 4. The van der Waals surface area contributed by atoms with Crippen LogP contribution in [0.3, 0.4) is 0 Å². The van der Waals surface area contributed by atoms with Crippen LogP contribution in [0.4, 0.5) is 11.4 Å². The summed E-state index contributed by atoms with van der Waals surface area (Å²) in [7, 11) is -0.458. The predicted octanol–water partition coefficient (Wildman–Crippen LogP) is 3.40. The standard InChI is InChI=1S/C12H10N3O2S/c1-9-6-10(7-13)8-18(9)14-11-4-2-3-5-12(11)15(16)17/h2-6,8,14H,1H3/q+1. The van der Waals surface area contributed by atoms with Gasteiger partial charge in [-0.25, -0.2) is 0 Å². The molecule has 0 radical (unpaired) electrons. The van der Waals surface area contributed by atoms with Gasteiger partial charge >= 0.3 is 0 Å². The molecule has 1 aromatic heterocycles. The van der Waals surface area contributed by atoms with Crippen molar-refractivity contribution in [1.29, 1.82) is 5.26 Å². The fourth-order valence-corrected chi connectivity index (χ4v) is 2.99. The second kappa shape index (κ2) is 4.85. The van der Waals surface area contributed by atoms with Gasteiger partial charge in [-0.1, -0.05) is 12.1 Å². The van der Waals surface area contributed by atoms with Crippen molar-refractivity contribution in [2.75, 3.05) is 4.72 Å². The van der Waals surface area contributed by atoms with Crippen LogP contribution in [0.2, 0.25) is 0 Å². The lowest BCUT2D eigenvalue weighted by molar-refractivity contribution is -0.383. The van der Waals surface area contributed by atoms with E-state index in [9.17, 15) is 10.1 Å². The Morgan fingerprint density at radius 1 is 1.44 bits per heavy atom. The number of benzene rings is 1. The zero-order valence-corrected chi connectivity index (χ0v) is 10.4. The molecule has 0 amide bonds. The lowest BCUT2D eigenvalue weighted by Gasteiger charge is -1.99. The smallest absolute Gasteiger partial charge is 0.258 e. The topological polar surface area (TPSA) is 79.0 Å². The molecule has 6 heteroatoms. The third-order valence-electron chi connectivity index (χ3n) is 2.40. The Hall–Kier alpha value is -2.39. The fraction of sp³-hybridized carbons (Fsp3) is 0.0833. The number of rotatable bonds is 3. The fourth-order valence-electron chi connectivity index (χ4n) is 1.54. The first kappa shape index (κ1) is 12.1. The predicted molar refractivity (Wildman–Crippen MR) is 70.5 cm³/mol. The third kappa shape index (κ3) is 2.31. The monoisotopic (exact) mass is 260 g/mol. The molecule has 1 N–H and O–H groups in total. The molecule has 0 aliphatic heterocycles. The molecule has 1 heterocycles. The summed E-state index contributed by atoms with van der Waals surface area (Å²) in [5, 5.41) is 21.5. The summed E-state index contributed by atoms with van der Waals surface area (Å²) < 4.78 is 3.10. The van der Waals surface area contributed by atoms with E-state index < -0.39 is 15.6 Å². The molecule has 1 aromatic carbocycles. The molecule has 2 aromatic rings. The highest BCUT2D eigenvalue weighted by atomic mass is 32.2. The van der Waals surface area contributed by atoms with E-state index in [2.05, 4.69) is 10.8 Å².